The number of rotatable bonds is 4. The number of para-hydroxylation sites is 1. The first kappa shape index (κ1) is 62.3. The third kappa shape index (κ3) is 11.2. The van der Waals surface area contributed by atoms with E-state index in [0.717, 1.165) is 144 Å². The molecule has 8 aromatic heterocycles. The summed E-state index contributed by atoms with van der Waals surface area (Å²) >= 11 is 0. The molecule has 0 bridgehead atoms. The molecule has 0 aliphatic carbocycles. The molecule has 16 rings (SSSR count). The lowest BCUT2D eigenvalue weighted by Gasteiger charge is -2.07. The fourth-order valence-corrected chi connectivity index (χ4v) is 13.2. The number of nitrogens with zero attached hydrogens (tertiary/aromatic N) is 8. The van der Waals surface area contributed by atoms with Crippen molar-refractivity contribution in [1.29, 1.82) is 10.5 Å². The molecule has 96 heavy (non-hydrogen) atoms. The largest absolute Gasteiger partial charge is 0.456 e. The zero-order chi connectivity index (χ0) is 67.4. The van der Waals surface area contributed by atoms with Crippen LogP contribution in [0, 0.1) is 91.2 Å². The van der Waals surface area contributed by atoms with E-state index in [2.05, 4.69) is 198 Å². The molecule has 464 valence electrons. The van der Waals surface area contributed by atoms with Crippen molar-refractivity contribution < 1.29 is 35.9 Å². The van der Waals surface area contributed by atoms with E-state index in [1.54, 1.807) is 6.07 Å². The maximum atomic E-state index is 9.60. The van der Waals surface area contributed by atoms with Crippen molar-refractivity contribution in [2.45, 2.75) is 55.4 Å². The van der Waals surface area contributed by atoms with Crippen molar-refractivity contribution in [3.05, 3.63) is 273 Å². The Morgan fingerprint density at radius 2 is 0.729 bits per heavy atom. The molecule has 12 heteroatoms. The summed E-state index contributed by atoms with van der Waals surface area (Å²) in [6.07, 6.45) is 8.26. The van der Waals surface area contributed by atoms with Crippen LogP contribution in [0.3, 0.4) is 0 Å². The van der Waals surface area contributed by atoms with Crippen molar-refractivity contribution in [2.24, 2.45) is 28.2 Å². The minimum absolute atomic E-state index is 0.598. The van der Waals surface area contributed by atoms with Crippen LogP contribution in [0.5, 0.6) is 0 Å². The first-order chi connectivity index (χ1) is 46.4. The predicted molar refractivity (Wildman–Crippen MR) is 381 cm³/mol. The van der Waals surface area contributed by atoms with Gasteiger partial charge in [0.25, 0.3) is 0 Å². The zero-order valence-electron chi connectivity index (χ0n) is 55.7. The maximum Gasteiger partial charge on any atom is 0.216 e. The molecule has 0 saturated carbocycles. The molecule has 0 atom stereocenters. The number of pyridine rings is 4. The molecular weight excluding hydrogens is 1180 g/mol. The molecule has 0 radical (unpaired) electrons. The summed E-state index contributed by atoms with van der Waals surface area (Å²) in [7, 11) is 8.16. The van der Waals surface area contributed by atoms with Crippen LogP contribution < -0.4 is 18.3 Å². The van der Waals surface area contributed by atoms with Crippen LogP contribution in [0.4, 0.5) is 11.4 Å². The number of benzene rings is 8. The normalized spacial score (nSPS) is 11.1. The Labute approximate surface area is 556 Å². The summed E-state index contributed by atoms with van der Waals surface area (Å²) in [5.41, 5.74) is 27.2. The lowest BCUT2D eigenvalue weighted by molar-refractivity contribution is -0.660. The molecule has 0 saturated heterocycles. The van der Waals surface area contributed by atoms with Crippen molar-refractivity contribution in [3.63, 3.8) is 0 Å². The van der Waals surface area contributed by atoms with Crippen molar-refractivity contribution >= 4 is 99.1 Å². The zero-order valence-corrected chi connectivity index (χ0v) is 55.7. The quantitative estimate of drug-likeness (QED) is 0.128. The van der Waals surface area contributed by atoms with Gasteiger partial charge in [-0.3, -0.25) is 0 Å². The summed E-state index contributed by atoms with van der Waals surface area (Å²) in [5.74, 6) is 0. The Kier molecular flexibility index (Phi) is 16.4. The molecule has 0 fully saturated rings. The molecule has 0 amide bonds. The van der Waals surface area contributed by atoms with Gasteiger partial charge in [0, 0.05) is 91.6 Å². The third-order valence-corrected chi connectivity index (χ3v) is 18.1. The minimum atomic E-state index is 0.598. The van der Waals surface area contributed by atoms with Crippen molar-refractivity contribution in [2.75, 3.05) is 0 Å². The highest BCUT2D eigenvalue weighted by Crippen LogP contribution is 2.43. The van der Waals surface area contributed by atoms with E-state index < -0.39 is 0 Å². The number of aryl methyl sites for hydroxylation is 12. The van der Waals surface area contributed by atoms with E-state index in [1.165, 1.54) is 33.4 Å². The molecule has 8 aromatic carbocycles. The van der Waals surface area contributed by atoms with Gasteiger partial charge in [-0.15, -0.1) is 0 Å². The fourth-order valence-electron chi connectivity index (χ4n) is 13.2. The lowest BCUT2D eigenvalue weighted by atomic mass is 9.96. The maximum absolute atomic E-state index is 9.60. The second kappa shape index (κ2) is 25.2. The van der Waals surface area contributed by atoms with Crippen LogP contribution in [-0.4, -0.2) is 0 Å². The summed E-state index contributed by atoms with van der Waals surface area (Å²) < 4.78 is 33.2. The number of nitriles is 2. The first-order valence-electron chi connectivity index (χ1n) is 31.6. The van der Waals surface area contributed by atoms with E-state index in [1.807, 2.05) is 114 Å². The van der Waals surface area contributed by atoms with Gasteiger partial charge in [0.15, 0.2) is 41.7 Å². The van der Waals surface area contributed by atoms with Gasteiger partial charge in [-0.2, -0.15) is 10.5 Å². The van der Waals surface area contributed by atoms with Crippen LogP contribution in [0.2, 0.25) is 0 Å². The molecular formula is C84H68N8O4+4. The molecule has 8 heterocycles. The molecule has 0 N–H and O–H groups in total. The summed E-state index contributed by atoms with van der Waals surface area (Å²) in [4.78, 5) is 7.04. The highest BCUT2D eigenvalue weighted by Gasteiger charge is 2.27. The van der Waals surface area contributed by atoms with Gasteiger partial charge in [0.1, 0.15) is 67.3 Å². The number of fused-ring (bicyclic) bond motifs is 12. The average Bonchev–Trinajstić information content (AvgIpc) is 1.57. The van der Waals surface area contributed by atoms with Crippen LogP contribution in [0.25, 0.3) is 142 Å². The van der Waals surface area contributed by atoms with Crippen LogP contribution in [-0.2, 0) is 28.2 Å². The Morgan fingerprint density at radius 1 is 0.323 bits per heavy atom. The monoisotopic (exact) mass is 1250 g/mol. The number of aromatic nitrogens is 4. The highest BCUT2D eigenvalue weighted by atomic mass is 16.3. The van der Waals surface area contributed by atoms with Crippen LogP contribution in [0.1, 0.15) is 55.6 Å². The molecule has 0 unspecified atom stereocenters. The highest BCUT2D eigenvalue weighted by molar-refractivity contribution is 6.15. The second-order valence-electron chi connectivity index (χ2n) is 24.9. The average molecular weight is 1250 g/mol. The summed E-state index contributed by atoms with van der Waals surface area (Å²) in [5, 5.41) is 27.0. The van der Waals surface area contributed by atoms with Gasteiger partial charge in [0.2, 0.25) is 22.8 Å². The Morgan fingerprint density at radius 3 is 1.25 bits per heavy atom. The fraction of sp³-hybridized carbons (Fsp3) is 0.143. The number of hydrogen-bond donors (Lipinski definition) is 0. The van der Waals surface area contributed by atoms with Gasteiger partial charge < -0.3 is 17.7 Å². The first-order valence-corrected chi connectivity index (χ1v) is 31.6. The van der Waals surface area contributed by atoms with Crippen LogP contribution >= 0.6 is 0 Å². The standard InChI is InChI=1S/4C21H17N2O/c1-13-9-10-23(4)18(11-13)20-14(2)5-7-17-16-8-6-15(22-3)12-19(16)24-21(17)20;1-13-9-10-23(4)18(11-13)20-14(2)5-7-16-17-12-15(22-3)6-8-19(17)24-21(16)20;1-13-9-10-23(3)17(11-13)19-14(2)7-8-16-20-15(12-22)5-4-6-18(20)24-21(16)19;1-13-8-9-23(3)17(10-13)19-14(2)11-15(12-22)20-16-6-4-5-7-18(16)24-21(19)20/h2*5-12H,1-2,4H3;2*4-11H,1-3H3/q4*+1. The van der Waals surface area contributed by atoms with Gasteiger partial charge in [0.05, 0.1) is 58.7 Å². The molecule has 12 nitrogen and oxygen atoms in total. The SMILES string of the molecule is Cc1cc[n+](C)c(-c2c(C)cc(C#N)c3c2oc2ccccc23)c1.Cc1cc[n+](C)c(-c2c(C)ccc3c2oc2cccc(C#N)c23)c1.[C-]#[N+]c1ccc2c(c1)oc1c(-c3cc(C)cc[n+]3C)c(C)ccc12.[C-]#[N+]c1ccc2oc3c(-c4cc(C)cc[n+]4C)c(C)ccc3c2c1. The van der Waals surface area contributed by atoms with E-state index in [-0.39, 0.29) is 0 Å². The second-order valence-corrected chi connectivity index (χ2v) is 24.9. The predicted octanol–water partition coefficient (Wildman–Crippen LogP) is 19.6. The van der Waals surface area contributed by atoms with Gasteiger partial charge in [-0.1, -0.05) is 78.9 Å². The van der Waals surface area contributed by atoms with Gasteiger partial charge >= 0.3 is 0 Å². The van der Waals surface area contributed by atoms with E-state index in [4.69, 9.17) is 30.8 Å². The summed E-state index contributed by atoms with van der Waals surface area (Å²) in [6, 6.07) is 61.0. The number of hydrogen-bond acceptors (Lipinski definition) is 6. The van der Waals surface area contributed by atoms with Gasteiger partial charge in [-0.05, 0) is 142 Å². The molecule has 0 spiro atoms. The lowest BCUT2D eigenvalue weighted by Crippen LogP contribution is -2.30. The van der Waals surface area contributed by atoms with Crippen molar-refractivity contribution in [3.8, 4) is 57.2 Å². The Bertz CT molecular complexity index is 6000. The van der Waals surface area contributed by atoms with E-state index >= 15 is 0 Å². The van der Waals surface area contributed by atoms with E-state index in [9.17, 15) is 10.5 Å². The number of furan rings is 4. The smallest absolute Gasteiger partial charge is 0.216 e. The minimum Gasteiger partial charge on any atom is -0.456 e. The molecule has 0 aliphatic rings. The van der Waals surface area contributed by atoms with Crippen LogP contribution in [0.15, 0.2) is 212 Å². The Hall–Kier alpha value is -12.5. The summed E-state index contributed by atoms with van der Waals surface area (Å²) in [6.45, 7) is 31.1. The van der Waals surface area contributed by atoms with E-state index in [0.29, 0.717) is 22.5 Å². The van der Waals surface area contributed by atoms with Gasteiger partial charge in [-0.25, -0.2) is 28.0 Å². The third-order valence-electron chi connectivity index (χ3n) is 18.1. The molecule has 16 aromatic rings. The van der Waals surface area contributed by atoms with Crippen molar-refractivity contribution in [1.82, 2.24) is 0 Å². The molecule has 0 aliphatic heterocycles. The Balaban J connectivity index is 0.000000116. The topological polar surface area (TPSA) is 124 Å².